The average molecular weight is 410 g/mol. The van der Waals surface area contributed by atoms with Crippen LogP contribution >= 0.6 is 11.6 Å². The summed E-state index contributed by atoms with van der Waals surface area (Å²) in [6, 6.07) is 10.9. The van der Waals surface area contributed by atoms with Gasteiger partial charge in [-0.1, -0.05) is 17.7 Å². The molecular weight excluding hydrogens is 394 g/mol. The molecule has 142 valence electrons. The van der Waals surface area contributed by atoms with Gasteiger partial charge in [0.05, 0.1) is 16.5 Å². The van der Waals surface area contributed by atoms with Crippen LogP contribution in [0.2, 0.25) is 5.02 Å². The van der Waals surface area contributed by atoms with Gasteiger partial charge in [-0.15, -0.1) is 0 Å². The maximum atomic E-state index is 12.5. The van der Waals surface area contributed by atoms with Gasteiger partial charge in [-0.3, -0.25) is 10.1 Å². The highest BCUT2D eigenvalue weighted by molar-refractivity contribution is 7.90. The van der Waals surface area contributed by atoms with Crippen LogP contribution in [-0.4, -0.2) is 32.6 Å². The summed E-state index contributed by atoms with van der Waals surface area (Å²) in [6.45, 7) is 2.11. The Hall–Kier alpha value is -2.85. The Bertz CT molecular complexity index is 1010. The first-order valence-electron chi connectivity index (χ1n) is 7.83. The van der Waals surface area contributed by atoms with Gasteiger partial charge in [-0.05, 0) is 37.3 Å². The number of sulfonamides is 1. The quantitative estimate of drug-likeness (QED) is 0.590. The number of nitrogens with one attached hydrogen (secondary N) is 2. The monoisotopic (exact) mass is 409 g/mol. The van der Waals surface area contributed by atoms with Crippen LogP contribution in [-0.2, 0) is 10.0 Å². The Morgan fingerprint density at radius 1 is 1.26 bits per heavy atom. The van der Waals surface area contributed by atoms with Crippen LogP contribution in [0.1, 0.15) is 5.56 Å². The van der Waals surface area contributed by atoms with Gasteiger partial charge in [-0.25, -0.2) is 18.1 Å². The molecule has 11 heteroatoms. The van der Waals surface area contributed by atoms with E-state index in [1.807, 2.05) is 17.0 Å². The second kappa shape index (κ2) is 7.41. The number of halogens is 1. The largest absolute Gasteiger partial charge is 0.338 e. The minimum Gasteiger partial charge on any atom is -0.338 e. The highest BCUT2D eigenvalue weighted by Gasteiger charge is 2.22. The molecule has 2 N–H and O–H groups in total. The van der Waals surface area contributed by atoms with Crippen LogP contribution in [0.4, 0.5) is 11.4 Å². The summed E-state index contributed by atoms with van der Waals surface area (Å²) in [4.78, 5) is 16.3. The zero-order valence-electron chi connectivity index (χ0n) is 14.2. The Labute approximate surface area is 160 Å². The number of nitro groups is 1. The number of nitro benzene ring substituents is 1. The molecule has 0 radical (unpaired) electrons. The first kappa shape index (κ1) is 18.9. The number of aryl methyl sites for hydroxylation is 1. The van der Waals surface area contributed by atoms with Gasteiger partial charge in [0.1, 0.15) is 6.67 Å². The van der Waals surface area contributed by atoms with Crippen molar-refractivity contribution in [2.75, 3.05) is 18.2 Å². The first-order valence-corrected chi connectivity index (χ1v) is 9.69. The van der Waals surface area contributed by atoms with Crippen molar-refractivity contribution in [3.8, 4) is 0 Å². The van der Waals surface area contributed by atoms with Crippen molar-refractivity contribution < 1.29 is 13.3 Å². The number of hydrogen-bond donors (Lipinski definition) is 2. The summed E-state index contributed by atoms with van der Waals surface area (Å²) in [5, 5.41) is 14.5. The second-order valence-corrected chi connectivity index (χ2v) is 7.93. The van der Waals surface area contributed by atoms with Crippen LogP contribution in [0.5, 0.6) is 0 Å². The lowest BCUT2D eigenvalue weighted by atomic mass is 10.2. The maximum absolute atomic E-state index is 12.5. The summed E-state index contributed by atoms with van der Waals surface area (Å²) in [7, 11) is -4.00. The minimum absolute atomic E-state index is 0.0726. The molecule has 1 heterocycles. The van der Waals surface area contributed by atoms with Gasteiger partial charge in [0.15, 0.2) is 0 Å². The standard InChI is InChI=1S/C16H16ClN5O4S/c1-11-2-7-14(8-15(11)22(23)24)27(25,26)20-16-18-9-21(10-19-16)13-5-3-12(17)4-6-13/h2-8H,9-10H2,1H3,(H2,18,19,20). The Kier molecular flexibility index (Phi) is 5.19. The van der Waals surface area contributed by atoms with Gasteiger partial charge in [-0.2, -0.15) is 0 Å². The number of hydrogen-bond acceptors (Lipinski definition) is 7. The van der Waals surface area contributed by atoms with E-state index in [1.165, 1.54) is 12.1 Å². The molecule has 2 aromatic rings. The van der Waals surface area contributed by atoms with E-state index >= 15 is 0 Å². The van der Waals surface area contributed by atoms with Gasteiger partial charge in [0.2, 0.25) is 5.96 Å². The van der Waals surface area contributed by atoms with Gasteiger partial charge in [0.25, 0.3) is 15.7 Å². The third-order valence-electron chi connectivity index (χ3n) is 3.95. The van der Waals surface area contributed by atoms with Gasteiger partial charge in [0, 0.05) is 22.3 Å². The average Bonchev–Trinajstić information content (AvgIpc) is 2.63. The van der Waals surface area contributed by atoms with Crippen molar-refractivity contribution in [2.24, 2.45) is 4.99 Å². The molecule has 0 fully saturated rings. The molecule has 0 amide bonds. The molecule has 0 aliphatic carbocycles. The van der Waals surface area contributed by atoms with Crippen molar-refractivity contribution in [2.45, 2.75) is 11.8 Å². The summed E-state index contributed by atoms with van der Waals surface area (Å²) in [5.41, 5.74) is 1.00. The molecule has 0 unspecified atom stereocenters. The summed E-state index contributed by atoms with van der Waals surface area (Å²) in [6.07, 6.45) is 0. The third-order valence-corrected chi connectivity index (χ3v) is 5.54. The van der Waals surface area contributed by atoms with Crippen molar-refractivity contribution >= 4 is 39.0 Å². The zero-order valence-corrected chi connectivity index (χ0v) is 15.8. The Morgan fingerprint density at radius 3 is 2.56 bits per heavy atom. The van der Waals surface area contributed by atoms with Crippen molar-refractivity contribution in [3.05, 3.63) is 63.2 Å². The zero-order chi connectivity index (χ0) is 19.6. The number of guanidine groups is 1. The normalized spacial score (nSPS) is 14.3. The lowest BCUT2D eigenvalue weighted by molar-refractivity contribution is -0.385. The third kappa shape index (κ3) is 4.29. The molecule has 0 aromatic heterocycles. The van der Waals surface area contributed by atoms with E-state index in [4.69, 9.17) is 11.6 Å². The first-order chi connectivity index (χ1) is 12.8. The molecule has 0 bridgehead atoms. The summed E-state index contributed by atoms with van der Waals surface area (Å²) < 4.78 is 27.3. The van der Waals surface area contributed by atoms with Gasteiger partial charge >= 0.3 is 0 Å². The maximum Gasteiger partial charge on any atom is 0.273 e. The fraction of sp³-hybridized carbons (Fsp3) is 0.188. The molecule has 0 saturated carbocycles. The van der Waals surface area contributed by atoms with E-state index < -0.39 is 14.9 Å². The van der Waals surface area contributed by atoms with Gasteiger partial charge < -0.3 is 10.2 Å². The molecule has 1 aliphatic heterocycles. The lowest BCUT2D eigenvalue weighted by Crippen LogP contribution is -2.50. The summed E-state index contributed by atoms with van der Waals surface area (Å²) >= 11 is 5.86. The molecule has 0 atom stereocenters. The highest BCUT2D eigenvalue weighted by atomic mass is 35.5. The highest BCUT2D eigenvalue weighted by Crippen LogP contribution is 2.22. The van der Waals surface area contributed by atoms with E-state index in [0.717, 1.165) is 11.8 Å². The fourth-order valence-electron chi connectivity index (χ4n) is 2.46. The Morgan fingerprint density at radius 2 is 1.96 bits per heavy atom. The van der Waals surface area contributed by atoms with E-state index in [2.05, 4.69) is 15.0 Å². The van der Waals surface area contributed by atoms with E-state index in [0.29, 0.717) is 17.3 Å². The van der Waals surface area contributed by atoms with Crippen molar-refractivity contribution in [1.82, 2.24) is 10.0 Å². The smallest absolute Gasteiger partial charge is 0.273 e. The predicted molar refractivity (Wildman–Crippen MR) is 102 cm³/mol. The molecule has 1 aliphatic rings. The number of anilines is 1. The molecule has 0 saturated heterocycles. The molecule has 2 aromatic carbocycles. The van der Waals surface area contributed by atoms with E-state index in [1.54, 1.807) is 19.1 Å². The number of benzene rings is 2. The van der Waals surface area contributed by atoms with Crippen LogP contribution in [0.15, 0.2) is 52.4 Å². The van der Waals surface area contributed by atoms with Crippen LogP contribution in [0.3, 0.4) is 0 Å². The Balaban J connectivity index is 1.74. The minimum atomic E-state index is -4.00. The van der Waals surface area contributed by atoms with Crippen molar-refractivity contribution in [3.63, 3.8) is 0 Å². The SMILES string of the molecule is Cc1ccc(S(=O)(=O)NC2=NCN(c3ccc(Cl)cc3)CN2)cc1[N+](=O)[O-]. The van der Waals surface area contributed by atoms with Crippen LogP contribution in [0, 0.1) is 17.0 Å². The fourth-order valence-corrected chi connectivity index (χ4v) is 3.61. The van der Waals surface area contributed by atoms with E-state index in [-0.39, 0.29) is 23.2 Å². The lowest BCUT2D eigenvalue weighted by Gasteiger charge is -2.28. The second-order valence-electron chi connectivity index (χ2n) is 5.81. The topological polar surface area (TPSA) is 117 Å². The molecule has 3 rings (SSSR count). The molecule has 0 spiro atoms. The van der Waals surface area contributed by atoms with Crippen LogP contribution in [0.25, 0.3) is 0 Å². The van der Waals surface area contributed by atoms with Crippen LogP contribution < -0.4 is 14.9 Å². The number of aliphatic imine (C=N–C) groups is 1. The molecular formula is C16H16ClN5O4S. The molecule has 27 heavy (non-hydrogen) atoms. The number of nitrogens with zero attached hydrogens (tertiary/aromatic N) is 3. The molecule has 9 nitrogen and oxygen atoms in total. The van der Waals surface area contributed by atoms with E-state index in [9.17, 15) is 18.5 Å². The number of rotatable bonds is 4. The summed E-state index contributed by atoms with van der Waals surface area (Å²) in [5.74, 6) is 0.0726. The predicted octanol–water partition coefficient (Wildman–Crippen LogP) is 2.22. The van der Waals surface area contributed by atoms with Crippen molar-refractivity contribution in [1.29, 1.82) is 0 Å².